The molecule has 1 aliphatic heterocycles. The molecule has 2 aromatic carbocycles. The molecule has 0 saturated heterocycles. The Morgan fingerprint density at radius 3 is 2.06 bits per heavy atom. The Morgan fingerprint density at radius 1 is 0.944 bits per heavy atom. The van der Waals surface area contributed by atoms with Gasteiger partial charge in [-0.1, -0.05) is 36.0 Å². The SMILES string of the molecule is [C-]#[N+]CCN1c2ccccc2Sc2ccccc21. The number of hydrogen-bond acceptors (Lipinski definition) is 2. The summed E-state index contributed by atoms with van der Waals surface area (Å²) in [4.78, 5) is 8.26. The summed E-state index contributed by atoms with van der Waals surface area (Å²) in [5.41, 5.74) is 2.43. The maximum Gasteiger partial charge on any atom is 0.232 e. The second-order valence-electron chi connectivity index (χ2n) is 4.07. The summed E-state index contributed by atoms with van der Waals surface area (Å²) in [5, 5.41) is 0. The molecule has 2 nitrogen and oxygen atoms in total. The van der Waals surface area contributed by atoms with Crippen molar-refractivity contribution in [3.05, 3.63) is 59.9 Å². The van der Waals surface area contributed by atoms with Crippen molar-refractivity contribution in [1.82, 2.24) is 0 Å². The summed E-state index contributed by atoms with van der Waals surface area (Å²) >= 11 is 1.80. The first kappa shape index (κ1) is 11.2. The highest BCUT2D eigenvalue weighted by Gasteiger charge is 2.22. The zero-order valence-electron chi connectivity index (χ0n) is 9.84. The van der Waals surface area contributed by atoms with Gasteiger partial charge in [0.2, 0.25) is 6.54 Å². The van der Waals surface area contributed by atoms with Crippen molar-refractivity contribution in [3.8, 4) is 0 Å². The zero-order valence-corrected chi connectivity index (χ0v) is 10.7. The van der Waals surface area contributed by atoms with Crippen LogP contribution in [0.5, 0.6) is 0 Å². The van der Waals surface area contributed by atoms with Gasteiger partial charge < -0.3 is 9.74 Å². The van der Waals surface area contributed by atoms with Crippen LogP contribution in [0.4, 0.5) is 11.4 Å². The summed E-state index contributed by atoms with van der Waals surface area (Å²) in [5.74, 6) is 0. The van der Waals surface area contributed by atoms with Crippen LogP contribution in [0, 0.1) is 6.57 Å². The highest BCUT2D eigenvalue weighted by atomic mass is 32.2. The standard InChI is InChI=1S/C15H12N2S/c1-16-10-11-17-12-6-2-4-8-14(12)18-15-9-5-3-7-13(15)17/h2-9H,10-11H2. The number of hydrogen-bond donors (Lipinski definition) is 0. The molecule has 2 aromatic rings. The number of benzene rings is 2. The minimum absolute atomic E-state index is 0.521. The molecular weight excluding hydrogens is 240 g/mol. The third-order valence-corrected chi connectivity index (χ3v) is 4.10. The van der Waals surface area contributed by atoms with Crippen LogP contribution in [0.15, 0.2) is 58.3 Å². The Labute approximate surface area is 111 Å². The summed E-state index contributed by atoms with van der Waals surface area (Å²) in [6, 6.07) is 16.8. The predicted molar refractivity (Wildman–Crippen MR) is 75.5 cm³/mol. The molecule has 0 amide bonds. The maximum atomic E-state index is 6.98. The fraction of sp³-hybridized carbons (Fsp3) is 0.133. The summed E-state index contributed by atoms with van der Waals surface area (Å²) < 4.78 is 0. The molecule has 0 bridgehead atoms. The van der Waals surface area contributed by atoms with E-state index >= 15 is 0 Å². The quantitative estimate of drug-likeness (QED) is 0.739. The second-order valence-corrected chi connectivity index (χ2v) is 5.15. The first-order chi connectivity index (χ1) is 8.90. The van der Waals surface area contributed by atoms with Gasteiger partial charge in [-0.2, -0.15) is 0 Å². The molecule has 88 valence electrons. The molecule has 0 aromatic heterocycles. The predicted octanol–water partition coefficient (Wildman–Crippen LogP) is 4.21. The van der Waals surface area contributed by atoms with Crippen molar-refractivity contribution in [2.24, 2.45) is 0 Å². The van der Waals surface area contributed by atoms with Crippen LogP contribution in [0.1, 0.15) is 0 Å². The largest absolute Gasteiger partial charge is 0.332 e. The Kier molecular flexibility index (Phi) is 2.95. The first-order valence-electron chi connectivity index (χ1n) is 5.87. The van der Waals surface area contributed by atoms with E-state index in [4.69, 9.17) is 6.57 Å². The summed E-state index contributed by atoms with van der Waals surface area (Å²) in [7, 11) is 0. The Balaban J connectivity index is 2.09. The topological polar surface area (TPSA) is 7.60 Å². The number of rotatable bonds is 2. The van der Waals surface area contributed by atoms with Gasteiger partial charge in [0, 0.05) is 9.79 Å². The molecule has 3 heteroatoms. The molecule has 0 spiro atoms. The van der Waals surface area contributed by atoms with Gasteiger partial charge in [-0.3, -0.25) is 0 Å². The van der Waals surface area contributed by atoms with Gasteiger partial charge in [0.15, 0.2) is 0 Å². The Hall–Kier alpha value is -1.92. The number of anilines is 2. The smallest absolute Gasteiger partial charge is 0.232 e. The van der Waals surface area contributed by atoms with Gasteiger partial charge in [-0.25, -0.2) is 6.57 Å². The lowest BCUT2D eigenvalue weighted by Crippen LogP contribution is -2.23. The molecule has 0 N–H and O–H groups in total. The van der Waals surface area contributed by atoms with Crippen molar-refractivity contribution < 1.29 is 0 Å². The lowest BCUT2D eigenvalue weighted by atomic mass is 10.2. The summed E-state index contributed by atoms with van der Waals surface area (Å²) in [6.45, 7) is 8.25. The van der Waals surface area contributed by atoms with Gasteiger partial charge in [0.05, 0.1) is 17.9 Å². The van der Waals surface area contributed by atoms with E-state index in [0.29, 0.717) is 6.54 Å². The minimum Gasteiger partial charge on any atom is -0.332 e. The van der Waals surface area contributed by atoms with E-state index in [-0.39, 0.29) is 0 Å². The van der Waals surface area contributed by atoms with E-state index in [1.165, 1.54) is 21.2 Å². The Morgan fingerprint density at radius 2 is 1.50 bits per heavy atom. The van der Waals surface area contributed by atoms with Gasteiger partial charge in [-0.05, 0) is 24.3 Å². The lowest BCUT2D eigenvalue weighted by molar-refractivity contribution is 0.954. The molecule has 1 heterocycles. The molecule has 0 atom stereocenters. The van der Waals surface area contributed by atoms with Crippen molar-refractivity contribution in [2.45, 2.75) is 9.79 Å². The van der Waals surface area contributed by atoms with Gasteiger partial charge in [0.25, 0.3) is 0 Å². The fourth-order valence-corrected chi connectivity index (χ4v) is 3.27. The van der Waals surface area contributed by atoms with Crippen LogP contribution in [-0.4, -0.2) is 13.1 Å². The van der Waals surface area contributed by atoms with E-state index < -0.39 is 0 Å². The van der Waals surface area contributed by atoms with E-state index in [9.17, 15) is 0 Å². The molecule has 3 rings (SSSR count). The molecule has 1 aliphatic rings. The first-order valence-corrected chi connectivity index (χ1v) is 6.68. The van der Waals surface area contributed by atoms with E-state index in [1.807, 2.05) is 0 Å². The van der Waals surface area contributed by atoms with Crippen LogP contribution in [0.3, 0.4) is 0 Å². The Bertz CT molecular complexity index is 570. The number of fused-ring (bicyclic) bond motifs is 2. The van der Waals surface area contributed by atoms with Crippen LogP contribution in [0.25, 0.3) is 4.85 Å². The van der Waals surface area contributed by atoms with Crippen molar-refractivity contribution in [3.63, 3.8) is 0 Å². The van der Waals surface area contributed by atoms with Crippen molar-refractivity contribution in [1.29, 1.82) is 0 Å². The highest BCUT2D eigenvalue weighted by Crippen LogP contribution is 2.47. The average Bonchev–Trinajstić information content (AvgIpc) is 2.43. The molecule has 0 radical (unpaired) electrons. The third kappa shape index (κ3) is 1.85. The van der Waals surface area contributed by atoms with Crippen molar-refractivity contribution >= 4 is 23.1 Å². The van der Waals surface area contributed by atoms with Crippen LogP contribution in [-0.2, 0) is 0 Å². The lowest BCUT2D eigenvalue weighted by Gasteiger charge is -2.31. The van der Waals surface area contributed by atoms with E-state index in [2.05, 4.69) is 58.3 Å². The number of nitrogens with zero attached hydrogens (tertiary/aromatic N) is 2. The van der Waals surface area contributed by atoms with E-state index in [1.54, 1.807) is 11.8 Å². The molecule has 0 aliphatic carbocycles. The minimum atomic E-state index is 0.521. The van der Waals surface area contributed by atoms with Gasteiger partial charge >= 0.3 is 0 Å². The average molecular weight is 252 g/mol. The maximum absolute atomic E-state index is 6.98. The monoisotopic (exact) mass is 252 g/mol. The zero-order chi connectivity index (χ0) is 12.4. The number of para-hydroxylation sites is 2. The van der Waals surface area contributed by atoms with Crippen LogP contribution < -0.4 is 4.90 Å². The normalized spacial score (nSPS) is 12.5. The van der Waals surface area contributed by atoms with Gasteiger partial charge in [0.1, 0.15) is 0 Å². The molecule has 0 unspecified atom stereocenters. The molecule has 0 fully saturated rings. The third-order valence-electron chi connectivity index (χ3n) is 2.97. The van der Waals surface area contributed by atoms with Crippen LogP contribution >= 0.6 is 11.8 Å². The highest BCUT2D eigenvalue weighted by molar-refractivity contribution is 7.99. The molecule has 0 saturated carbocycles. The van der Waals surface area contributed by atoms with Gasteiger partial charge in [-0.15, -0.1) is 0 Å². The summed E-state index contributed by atoms with van der Waals surface area (Å²) in [6.07, 6.45) is 0. The fourth-order valence-electron chi connectivity index (χ4n) is 2.17. The molecule has 18 heavy (non-hydrogen) atoms. The second kappa shape index (κ2) is 4.75. The molecular formula is C15H12N2S. The van der Waals surface area contributed by atoms with Crippen LogP contribution in [0.2, 0.25) is 0 Å². The van der Waals surface area contributed by atoms with E-state index in [0.717, 1.165) is 6.54 Å². The van der Waals surface area contributed by atoms with Crippen molar-refractivity contribution in [2.75, 3.05) is 18.0 Å².